The number of aromatic carboxylic acids is 3. The molecule has 0 saturated carbocycles. The molecule has 0 heterocycles. The number of carbonyl (C=O) groups is 5. The Labute approximate surface area is 230 Å². The quantitative estimate of drug-likeness (QED) is 0.261. The van der Waals surface area contributed by atoms with Crippen LogP contribution >= 0.6 is 0 Å². The Hall–Kier alpha value is -5.20. The van der Waals surface area contributed by atoms with Gasteiger partial charge in [-0.05, 0) is 73.0 Å². The van der Waals surface area contributed by atoms with Gasteiger partial charge in [0.15, 0.2) is 0 Å². The molecule has 3 aromatic carbocycles. The van der Waals surface area contributed by atoms with E-state index in [0.29, 0.717) is 5.56 Å². The molecule has 0 fully saturated rings. The average Bonchev–Trinajstić information content (AvgIpc) is 2.90. The van der Waals surface area contributed by atoms with Gasteiger partial charge in [-0.1, -0.05) is 12.1 Å². The van der Waals surface area contributed by atoms with E-state index in [-0.39, 0.29) is 11.3 Å². The molecule has 214 valence electrons. The molecule has 2 amide bonds. The first-order valence-corrected chi connectivity index (χ1v) is 11.7. The molecular formula is C28H23F3N2O8. The fourth-order valence-corrected chi connectivity index (χ4v) is 4.27. The number of anilines is 1. The summed E-state index contributed by atoms with van der Waals surface area (Å²) in [6.07, 6.45) is -5.08. The summed E-state index contributed by atoms with van der Waals surface area (Å²) in [6.45, 7) is 2.29. The highest BCUT2D eigenvalue weighted by molar-refractivity contribution is 6.11. The van der Waals surface area contributed by atoms with Crippen molar-refractivity contribution in [3.8, 4) is 0 Å². The number of carboxylic acids is 3. The minimum atomic E-state index is -5.08. The molecule has 1 unspecified atom stereocenters. The summed E-state index contributed by atoms with van der Waals surface area (Å²) >= 11 is 0. The number of halogens is 3. The lowest BCUT2D eigenvalue weighted by Gasteiger charge is -2.34. The van der Waals surface area contributed by atoms with E-state index < -0.39 is 74.7 Å². The number of nitrogens with one attached hydrogen (secondary N) is 2. The number of amides is 2. The zero-order valence-corrected chi connectivity index (χ0v) is 21.7. The molecule has 0 aliphatic carbocycles. The van der Waals surface area contributed by atoms with Gasteiger partial charge in [-0.3, -0.25) is 9.59 Å². The number of carboxylic acid groups (broad SMARTS) is 3. The molecule has 0 spiro atoms. The number of hydrogen-bond acceptors (Lipinski definition) is 5. The number of hydrogen-bond donors (Lipinski definition) is 5. The van der Waals surface area contributed by atoms with Crippen LogP contribution in [0.25, 0.3) is 0 Å². The molecule has 0 aliphatic heterocycles. The van der Waals surface area contributed by atoms with E-state index in [0.717, 1.165) is 49.4 Å². The summed E-state index contributed by atoms with van der Waals surface area (Å²) in [5.41, 5.74) is -6.23. The number of benzene rings is 3. The van der Waals surface area contributed by atoms with E-state index in [1.807, 2.05) is 0 Å². The zero-order chi connectivity index (χ0) is 30.9. The van der Waals surface area contributed by atoms with Gasteiger partial charge in [0.2, 0.25) is 0 Å². The maximum Gasteiger partial charge on any atom is 0.402 e. The van der Waals surface area contributed by atoms with Crippen LogP contribution in [0.5, 0.6) is 0 Å². The molecule has 41 heavy (non-hydrogen) atoms. The van der Waals surface area contributed by atoms with Crippen LogP contribution in [0.15, 0.2) is 54.6 Å². The number of alkyl halides is 3. The highest BCUT2D eigenvalue weighted by Crippen LogP contribution is 2.47. The van der Waals surface area contributed by atoms with Gasteiger partial charge in [-0.15, -0.1) is 0 Å². The third-order valence-corrected chi connectivity index (χ3v) is 6.52. The van der Waals surface area contributed by atoms with E-state index >= 15 is 0 Å². The third-order valence-electron chi connectivity index (χ3n) is 6.52. The first-order chi connectivity index (χ1) is 19.0. The van der Waals surface area contributed by atoms with Crippen molar-refractivity contribution < 1.29 is 52.5 Å². The SMILES string of the molecule is CNC(=O)c1cc(C(C)(c2ccc(C(=O)O)c(C(=O)Nc3cc(C)cc(C(=O)O)c3)c2)C(F)(F)F)ccc1C(=O)O. The maximum atomic E-state index is 14.8. The Morgan fingerprint density at radius 1 is 0.683 bits per heavy atom. The normalized spacial score (nSPS) is 12.6. The Bertz CT molecular complexity index is 1600. The van der Waals surface area contributed by atoms with Crippen molar-refractivity contribution in [3.63, 3.8) is 0 Å². The molecule has 0 aliphatic rings. The fourth-order valence-electron chi connectivity index (χ4n) is 4.27. The molecule has 0 aromatic heterocycles. The van der Waals surface area contributed by atoms with Gasteiger partial charge in [0.1, 0.15) is 5.41 Å². The molecule has 0 saturated heterocycles. The van der Waals surface area contributed by atoms with E-state index in [9.17, 15) is 52.5 Å². The van der Waals surface area contributed by atoms with Gasteiger partial charge < -0.3 is 26.0 Å². The van der Waals surface area contributed by atoms with Crippen molar-refractivity contribution in [1.82, 2.24) is 5.32 Å². The lowest BCUT2D eigenvalue weighted by Crippen LogP contribution is -2.41. The lowest BCUT2D eigenvalue weighted by molar-refractivity contribution is -0.173. The van der Waals surface area contributed by atoms with E-state index in [1.165, 1.54) is 19.2 Å². The van der Waals surface area contributed by atoms with Gasteiger partial charge in [-0.25, -0.2) is 14.4 Å². The average molecular weight is 572 g/mol. The summed E-state index contributed by atoms with van der Waals surface area (Å²) in [7, 11) is 1.17. The van der Waals surface area contributed by atoms with E-state index in [2.05, 4.69) is 10.6 Å². The number of aryl methyl sites for hydroxylation is 1. The van der Waals surface area contributed by atoms with Crippen molar-refractivity contribution in [2.24, 2.45) is 0 Å². The first-order valence-electron chi connectivity index (χ1n) is 11.7. The molecule has 3 aromatic rings. The standard InChI is InChI=1S/C28H23F3N2O8/c1-13-8-14(24(36)37)10-17(9-13)33-23(35)21-12-16(5-7-19(21)26(40)41)27(2,28(29,30)31)15-4-6-18(25(38)39)20(11-15)22(34)32-3/h4-12H,1-3H3,(H,32,34)(H,33,35)(H,36,37)(H,38,39)(H,40,41). The van der Waals surface area contributed by atoms with Crippen LogP contribution in [0, 0.1) is 6.92 Å². The largest absolute Gasteiger partial charge is 0.478 e. The number of rotatable bonds is 8. The Kier molecular flexibility index (Phi) is 8.23. The molecule has 0 bridgehead atoms. The lowest BCUT2D eigenvalue weighted by atomic mass is 9.74. The van der Waals surface area contributed by atoms with E-state index in [1.54, 1.807) is 6.92 Å². The summed E-state index contributed by atoms with van der Waals surface area (Å²) in [6, 6.07) is 8.75. The second-order valence-electron chi connectivity index (χ2n) is 9.18. The van der Waals surface area contributed by atoms with Crippen LogP contribution in [0.4, 0.5) is 18.9 Å². The van der Waals surface area contributed by atoms with Crippen LogP contribution in [0.1, 0.15) is 75.4 Å². The van der Waals surface area contributed by atoms with Crippen molar-refractivity contribution >= 4 is 35.4 Å². The second kappa shape index (κ2) is 11.1. The van der Waals surface area contributed by atoms with Gasteiger partial charge in [-0.2, -0.15) is 13.2 Å². The third kappa shape index (κ3) is 5.88. The van der Waals surface area contributed by atoms with Crippen LogP contribution in [0.2, 0.25) is 0 Å². The molecule has 13 heteroatoms. The monoisotopic (exact) mass is 572 g/mol. The minimum Gasteiger partial charge on any atom is -0.478 e. The highest BCUT2D eigenvalue weighted by Gasteiger charge is 2.54. The Balaban J connectivity index is 2.23. The van der Waals surface area contributed by atoms with Gasteiger partial charge in [0, 0.05) is 12.7 Å². The van der Waals surface area contributed by atoms with Gasteiger partial charge >= 0.3 is 24.1 Å². The Morgan fingerprint density at radius 3 is 1.59 bits per heavy atom. The predicted molar refractivity (Wildman–Crippen MR) is 139 cm³/mol. The van der Waals surface area contributed by atoms with Crippen LogP contribution in [-0.2, 0) is 5.41 Å². The summed E-state index contributed by atoms with van der Waals surface area (Å²) in [5, 5.41) is 32.8. The fraction of sp³-hybridized carbons (Fsp3) is 0.179. The van der Waals surface area contributed by atoms with Crippen molar-refractivity contribution in [2.45, 2.75) is 25.4 Å². The summed E-state index contributed by atoms with van der Waals surface area (Å²) in [4.78, 5) is 60.3. The maximum absolute atomic E-state index is 14.8. The highest BCUT2D eigenvalue weighted by atomic mass is 19.4. The van der Waals surface area contributed by atoms with Crippen molar-refractivity contribution in [1.29, 1.82) is 0 Å². The van der Waals surface area contributed by atoms with Crippen LogP contribution in [0.3, 0.4) is 0 Å². The van der Waals surface area contributed by atoms with Gasteiger partial charge in [0.25, 0.3) is 11.8 Å². The molecule has 3 rings (SSSR count). The van der Waals surface area contributed by atoms with E-state index in [4.69, 9.17) is 0 Å². The smallest absolute Gasteiger partial charge is 0.402 e. The van der Waals surface area contributed by atoms with Crippen LogP contribution < -0.4 is 10.6 Å². The van der Waals surface area contributed by atoms with Crippen molar-refractivity contribution in [2.75, 3.05) is 12.4 Å². The minimum absolute atomic E-state index is 0.0350. The molecule has 5 N–H and O–H groups in total. The summed E-state index contributed by atoms with van der Waals surface area (Å²) in [5.74, 6) is -6.53. The van der Waals surface area contributed by atoms with Gasteiger partial charge in [0.05, 0.1) is 27.8 Å². The zero-order valence-electron chi connectivity index (χ0n) is 21.7. The Morgan fingerprint density at radius 2 is 1.17 bits per heavy atom. The molecular weight excluding hydrogens is 549 g/mol. The summed E-state index contributed by atoms with van der Waals surface area (Å²) < 4.78 is 44.3. The predicted octanol–water partition coefficient (Wildman–Crippen LogP) is 4.57. The first kappa shape index (κ1) is 30.3. The molecule has 10 nitrogen and oxygen atoms in total. The van der Waals surface area contributed by atoms with Crippen LogP contribution in [-0.4, -0.2) is 58.3 Å². The van der Waals surface area contributed by atoms with Crippen molar-refractivity contribution in [3.05, 3.63) is 99.1 Å². The topological polar surface area (TPSA) is 170 Å². The second-order valence-corrected chi connectivity index (χ2v) is 9.18. The molecule has 0 radical (unpaired) electrons. The molecule has 1 atom stereocenters. The number of carbonyl (C=O) groups excluding carboxylic acids is 2.